The number of anilines is 1. The third-order valence-electron chi connectivity index (χ3n) is 2.62. The molecule has 1 atom stereocenters. The first-order valence-corrected chi connectivity index (χ1v) is 5.82. The lowest BCUT2D eigenvalue weighted by Crippen LogP contribution is -2.31. The van der Waals surface area contributed by atoms with Gasteiger partial charge in [-0.3, -0.25) is 0 Å². The van der Waals surface area contributed by atoms with Crippen LogP contribution in [0.4, 0.5) is 10.1 Å². The maximum absolute atomic E-state index is 13.5. The fraction of sp³-hybridized carbons (Fsp3) is 0.364. The summed E-state index contributed by atoms with van der Waals surface area (Å²) < 4.78 is 14.0. The molecule has 1 aromatic carbocycles. The first kappa shape index (κ1) is 11.4. The lowest BCUT2D eigenvalue weighted by molar-refractivity contribution is -0.138. The number of aliphatic carboxylic acids is 1. The van der Waals surface area contributed by atoms with Gasteiger partial charge in [0.05, 0.1) is 5.69 Å². The highest BCUT2D eigenvalue weighted by atomic mass is 79.9. The van der Waals surface area contributed by atoms with Crippen molar-refractivity contribution in [1.29, 1.82) is 0 Å². The zero-order valence-electron chi connectivity index (χ0n) is 8.41. The van der Waals surface area contributed by atoms with Crippen molar-refractivity contribution in [3.05, 3.63) is 28.5 Å². The minimum atomic E-state index is -0.933. The molecule has 1 aromatic rings. The second-order valence-electron chi connectivity index (χ2n) is 3.89. The second kappa shape index (κ2) is 4.41. The number of benzene rings is 1. The topological polar surface area (TPSA) is 49.3 Å². The Morgan fingerprint density at radius 3 is 2.75 bits per heavy atom. The molecule has 1 aliphatic carbocycles. The summed E-state index contributed by atoms with van der Waals surface area (Å²) >= 11 is 3.20. The van der Waals surface area contributed by atoms with Gasteiger partial charge in [-0.25, -0.2) is 9.18 Å². The van der Waals surface area contributed by atoms with E-state index in [2.05, 4.69) is 21.2 Å². The predicted molar refractivity (Wildman–Crippen MR) is 61.9 cm³/mol. The fourth-order valence-corrected chi connectivity index (χ4v) is 2.06. The van der Waals surface area contributed by atoms with E-state index in [0.29, 0.717) is 4.47 Å². The van der Waals surface area contributed by atoms with Crippen molar-refractivity contribution >= 4 is 27.6 Å². The van der Waals surface area contributed by atoms with Crippen LogP contribution in [0, 0.1) is 11.7 Å². The Morgan fingerprint density at radius 2 is 2.25 bits per heavy atom. The number of hydrogen-bond acceptors (Lipinski definition) is 2. The summed E-state index contributed by atoms with van der Waals surface area (Å²) in [7, 11) is 0. The number of carboxylic acids is 1. The molecule has 1 unspecified atom stereocenters. The Hall–Kier alpha value is -1.10. The SMILES string of the molecule is O=C(O)C(Nc1c(F)cccc1Br)C1CC1. The molecule has 0 aromatic heterocycles. The highest BCUT2D eigenvalue weighted by molar-refractivity contribution is 9.10. The zero-order valence-corrected chi connectivity index (χ0v) is 10.00. The average Bonchev–Trinajstić information content (AvgIpc) is 3.00. The van der Waals surface area contributed by atoms with Gasteiger partial charge in [0.1, 0.15) is 11.9 Å². The van der Waals surface area contributed by atoms with E-state index < -0.39 is 17.8 Å². The van der Waals surface area contributed by atoms with Crippen LogP contribution in [-0.2, 0) is 4.79 Å². The van der Waals surface area contributed by atoms with Crippen molar-refractivity contribution in [1.82, 2.24) is 0 Å². The van der Waals surface area contributed by atoms with Crippen molar-refractivity contribution in [2.75, 3.05) is 5.32 Å². The first-order chi connectivity index (χ1) is 7.59. The third kappa shape index (κ3) is 2.35. The Balaban J connectivity index is 2.21. The van der Waals surface area contributed by atoms with Crippen LogP contribution in [-0.4, -0.2) is 17.1 Å². The molecule has 1 aliphatic rings. The van der Waals surface area contributed by atoms with Crippen molar-refractivity contribution in [2.45, 2.75) is 18.9 Å². The van der Waals surface area contributed by atoms with Gasteiger partial charge >= 0.3 is 5.97 Å². The van der Waals surface area contributed by atoms with E-state index >= 15 is 0 Å². The Morgan fingerprint density at radius 1 is 1.56 bits per heavy atom. The molecule has 0 bridgehead atoms. The van der Waals surface area contributed by atoms with Crippen LogP contribution in [0.1, 0.15) is 12.8 Å². The minimum absolute atomic E-state index is 0.115. The van der Waals surface area contributed by atoms with E-state index in [9.17, 15) is 9.18 Å². The Kier molecular flexibility index (Phi) is 3.14. The molecule has 16 heavy (non-hydrogen) atoms. The molecule has 1 saturated carbocycles. The smallest absolute Gasteiger partial charge is 0.326 e. The number of nitrogens with one attached hydrogen (secondary N) is 1. The van der Waals surface area contributed by atoms with Crippen molar-refractivity contribution in [2.24, 2.45) is 5.92 Å². The van der Waals surface area contributed by atoms with Crippen LogP contribution >= 0.6 is 15.9 Å². The second-order valence-corrected chi connectivity index (χ2v) is 4.75. The lowest BCUT2D eigenvalue weighted by Gasteiger charge is -2.16. The van der Waals surface area contributed by atoms with Crippen molar-refractivity contribution in [3.8, 4) is 0 Å². The molecule has 5 heteroatoms. The molecule has 86 valence electrons. The van der Waals surface area contributed by atoms with Crippen LogP contribution in [0.15, 0.2) is 22.7 Å². The number of carbonyl (C=O) groups is 1. The monoisotopic (exact) mass is 287 g/mol. The van der Waals surface area contributed by atoms with Crippen LogP contribution in [0.2, 0.25) is 0 Å². The highest BCUT2D eigenvalue weighted by Gasteiger charge is 2.36. The molecule has 0 radical (unpaired) electrons. The van der Waals surface area contributed by atoms with E-state index in [1.165, 1.54) is 6.07 Å². The summed E-state index contributed by atoms with van der Waals surface area (Å²) in [6, 6.07) is 3.85. The van der Waals surface area contributed by atoms with E-state index in [4.69, 9.17) is 5.11 Å². The van der Waals surface area contributed by atoms with Gasteiger partial charge in [0.15, 0.2) is 0 Å². The van der Waals surface area contributed by atoms with Gasteiger partial charge in [0.25, 0.3) is 0 Å². The van der Waals surface area contributed by atoms with Crippen molar-refractivity contribution in [3.63, 3.8) is 0 Å². The quantitative estimate of drug-likeness (QED) is 0.895. The number of halogens is 2. The zero-order chi connectivity index (χ0) is 11.7. The molecule has 0 saturated heterocycles. The number of carboxylic acid groups (broad SMARTS) is 1. The van der Waals surface area contributed by atoms with Crippen molar-refractivity contribution < 1.29 is 14.3 Å². The van der Waals surface area contributed by atoms with E-state index in [-0.39, 0.29) is 11.6 Å². The Labute approximate surface area is 101 Å². The fourth-order valence-electron chi connectivity index (χ4n) is 1.60. The third-order valence-corrected chi connectivity index (χ3v) is 3.28. The maximum Gasteiger partial charge on any atom is 0.326 e. The molecule has 0 spiro atoms. The molecule has 0 amide bonds. The van der Waals surface area contributed by atoms with Crippen LogP contribution in [0.3, 0.4) is 0 Å². The molecular formula is C11H11BrFNO2. The molecule has 3 nitrogen and oxygen atoms in total. The first-order valence-electron chi connectivity index (χ1n) is 5.03. The van der Waals surface area contributed by atoms with Gasteiger partial charge in [-0.1, -0.05) is 6.07 Å². The minimum Gasteiger partial charge on any atom is -0.480 e. The largest absolute Gasteiger partial charge is 0.480 e. The van der Waals surface area contributed by atoms with Crippen LogP contribution in [0.25, 0.3) is 0 Å². The summed E-state index contributed by atoms with van der Waals surface area (Å²) in [6.45, 7) is 0. The predicted octanol–water partition coefficient (Wildman–Crippen LogP) is 2.86. The van der Waals surface area contributed by atoms with E-state index in [1.54, 1.807) is 12.1 Å². The normalized spacial score (nSPS) is 16.9. The van der Waals surface area contributed by atoms with E-state index in [1.807, 2.05) is 0 Å². The molecule has 0 aliphatic heterocycles. The number of rotatable bonds is 4. The number of hydrogen-bond donors (Lipinski definition) is 2. The van der Waals surface area contributed by atoms with Crippen LogP contribution in [0.5, 0.6) is 0 Å². The lowest BCUT2D eigenvalue weighted by atomic mass is 10.1. The molecule has 1 fully saturated rings. The van der Waals surface area contributed by atoms with Gasteiger partial charge < -0.3 is 10.4 Å². The highest BCUT2D eigenvalue weighted by Crippen LogP contribution is 2.36. The van der Waals surface area contributed by atoms with E-state index in [0.717, 1.165) is 12.8 Å². The average molecular weight is 288 g/mol. The Bertz CT molecular complexity index is 400. The summed E-state index contributed by atoms with van der Waals surface area (Å²) in [6.07, 6.45) is 1.77. The summed E-state index contributed by atoms with van der Waals surface area (Å²) in [4.78, 5) is 11.0. The van der Waals surface area contributed by atoms with Gasteiger partial charge in [-0.2, -0.15) is 0 Å². The van der Waals surface area contributed by atoms with Gasteiger partial charge in [-0.15, -0.1) is 0 Å². The van der Waals surface area contributed by atoms with Gasteiger partial charge in [0.2, 0.25) is 0 Å². The standard InChI is InChI=1S/C11H11BrFNO2/c12-7-2-1-3-8(13)10(7)14-9(11(15)16)6-4-5-6/h1-3,6,9,14H,4-5H2,(H,15,16). The summed E-state index contributed by atoms with van der Waals surface area (Å²) in [5.41, 5.74) is 0.224. The number of para-hydroxylation sites is 1. The summed E-state index contributed by atoms with van der Waals surface area (Å²) in [5, 5.41) is 11.8. The van der Waals surface area contributed by atoms with Crippen LogP contribution < -0.4 is 5.32 Å². The van der Waals surface area contributed by atoms with Gasteiger partial charge in [-0.05, 0) is 46.8 Å². The molecular weight excluding hydrogens is 277 g/mol. The summed E-state index contributed by atoms with van der Waals surface area (Å²) in [5.74, 6) is -1.26. The van der Waals surface area contributed by atoms with Gasteiger partial charge in [0, 0.05) is 4.47 Å². The molecule has 2 rings (SSSR count). The molecule has 2 N–H and O–H groups in total. The maximum atomic E-state index is 13.5. The molecule has 0 heterocycles.